The molecule has 3 atom stereocenters. The average Bonchev–Trinajstić information content (AvgIpc) is 2.95. The number of aliphatic carboxylic acids is 1. The lowest BCUT2D eigenvalue weighted by Crippen LogP contribution is -2.17. The third-order valence-electron chi connectivity index (χ3n) is 3.51. The van der Waals surface area contributed by atoms with Gasteiger partial charge in [0, 0.05) is 13.5 Å². The first-order chi connectivity index (χ1) is 8.61. The fourth-order valence-corrected chi connectivity index (χ4v) is 2.39. The van der Waals surface area contributed by atoms with Crippen molar-refractivity contribution in [1.82, 2.24) is 10.1 Å². The first-order valence-corrected chi connectivity index (χ1v) is 6.20. The first-order valence-electron chi connectivity index (χ1n) is 6.20. The number of carbonyl (C=O) groups is 1. The van der Waals surface area contributed by atoms with Gasteiger partial charge in [0.1, 0.15) is 0 Å². The molecule has 0 radical (unpaired) electrons. The Morgan fingerprint density at radius 2 is 2.39 bits per heavy atom. The molecule has 1 N–H and O–H groups in total. The van der Waals surface area contributed by atoms with E-state index in [-0.39, 0.29) is 12.0 Å². The van der Waals surface area contributed by atoms with E-state index in [0.717, 1.165) is 12.8 Å². The third-order valence-corrected chi connectivity index (χ3v) is 3.51. The minimum atomic E-state index is -0.775. The van der Waals surface area contributed by atoms with E-state index in [1.807, 2.05) is 6.92 Å². The Morgan fingerprint density at radius 3 is 3.06 bits per heavy atom. The molecule has 18 heavy (non-hydrogen) atoms. The monoisotopic (exact) mass is 254 g/mol. The SMILES string of the molecule is COC(C)Cc1noc(C2CCCC2C(=O)O)n1. The van der Waals surface area contributed by atoms with Crippen molar-refractivity contribution in [2.45, 2.75) is 44.6 Å². The number of carboxylic acid groups (broad SMARTS) is 1. The summed E-state index contributed by atoms with van der Waals surface area (Å²) in [6, 6.07) is 0. The minimum Gasteiger partial charge on any atom is -0.481 e. The number of ether oxygens (including phenoxy) is 1. The molecule has 0 aromatic carbocycles. The van der Waals surface area contributed by atoms with Crippen molar-refractivity contribution in [3.63, 3.8) is 0 Å². The third kappa shape index (κ3) is 2.69. The van der Waals surface area contributed by atoms with Crippen LogP contribution < -0.4 is 0 Å². The van der Waals surface area contributed by atoms with Gasteiger partial charge in [-0.1, -0.05) is 11.6 Å². The van der Waals surface area contributed by atoms with Gasteiger partial charge in [0.05, 0.1) is 17.9 Å². The highest BCUT2D eigenvalue weighted by Gasteiger charge is 2.37. The Kier molecular flexibility index (Phi) is 3.96. The predicted molar refractivity (Wildman–Crippen MR) is 62.2 cm³/mol. The molecule has 100 valence electrons. The molecule has 0 amide bonds. The van der Waals surface area contributed by atoms with E-state index in [1.54, 1.807) is 7.11 Å². The minimum absolute atomic E-state index is 0.0225. The number of rotatable bonds is 5. The van der Waals surface area contributed by atoms with Crippen LogP contribution in [0, 0.1) is 5.92 Å². The molecular formula is C12H18N2O4. The second-order valence-electron chi connectivity index (χ2n) is 4.78. The summed E-state index contributed by atoms with van der Waals surface area (Å²) in [6.07, 6.45) is 2.98. The quantitative estimate of drug-likeness (QED) is 0.859. The van der Waals surface area contributed by atoms with E-state index in [2.05, 4.69) is 10.1 Å². The topological polar surface area (TPSA) is 85.5 Å². The molecule has 1 heterocycles. The summed E-state index contributed by atoms with van der Waals surface area (Å²) >= 11 is 0. The molecule has 6 nitrogen and oxygen atoms in total. The lowest BCUT2D eigenvalue weighted by Gasteiger charge is -2.10. The molecule has 6 heteroatoms. The standard InChI is InChI=1S/C12H18N2O4/c1-7(17-2)6-10-13-11(18-14-10)8-4-3-5-9(8)12(15)16/h7-9H,3-6H2,1-2H3,(H,15,16). The smallest absolute Gasteiger partial charge is 0.307 e. The van der Waals surface area contributed by atoms with E-state index in [9.17, 15) is 4.79 Å². The van der Waals surface area contributed by atoms with E-state index >= 15 is 0 Å². The number of carboxylic acids is 1. The van der Waals surface area contributed by atoms with Crippen molar-refractivity contribution in [3.8, 4) is 0 Å². The van der Waals surface area contributed by atoms with E-state index in [4.69, 9.17) is 14.4 Å². The van der Waals surface area contributed by atoms with Crippen LogP contribution in [0.25, 0.3) is 0 Å². The summed E-state index contributed by atoms with van der Waals surface area (Å²) in [7, 11) is 1.63. The Hall–Kier alpha value is -1.43. The Balaban J connectivity index is 2.07. The number of methoxy groups -OCH3 is 1. The molecule has 3 unspecified atom stereocenters. The first kappa shape index (κ1) is 13.0. The number of hydrogen-bond donors (Lipinski definition) is 1. The van der Waals surface area contributed by atoms with Crippen LogP contribution in [0.1, 0.15) is 43.8 Å². The predicted octanol–water partition coefficient (Wildman–Crippen LogP) is 1.62. The molecule has 1 aromatic heterocycles. The maximum Gasteiger partial charge on any atom is 0.307 e. The lowest BCUT2D eigenvalue weighted by molar-refractivity contribution is -0.142. The summed E-state index contributed by atoms with van der Waals surface area (Å²) < 4.78 is 10.3. The average molecular weight is 254 g/mol. The molecule has 0 saturated heterocycles. The van der Waals surface area contributed by atoms with Gasteiger partial charge in [-0.2, -0.15) is 4.98 Å². The van der Waals surface area contributed by atoms with Crippen molar-refractivity contribution < 1.29 is 19.2 Å². The zero-order chi connectivity index (χ0) is 13.1. The van der Waals surface area contributed by atoms with Gasteiger partial charge in [0.15, 0.2) is 5.82 Å². The Labute approximate surface area is 105 Å². The van der Waals surface area contributed by atoms with Crippen molar-refractivity contribution in [3.05, 3.63) is 11.7 Å². The van der Waals surface area contributed by atoms with Crippen LogP contribution in [0.4, 0.5) is 0 Å². The van der Waals surface area contributed by atoms with Gasteiger partial charge in [-0.3, -0.25) is 4.79 Å². The molecule has 0 spiro atoms. The molecule has 1 saturated carbocycles. The van der Waals surface area contributed by atoms with E-state index in [1.165, 1.54) is 0 Å². The molecule has 0 bridgehead atoms. The summed E-state index contributed by atoms with van der Waals surface area (Å²) in [5.41, 5.74) is 0. The Morgan fingerprint density at radius 1 is 1.61 bits per heavy atom. The van der Waals surface area contributed by atoms with Crippen molar-refractivity contribution >= 4 is 5.97 Å². The summed E-state index contributed by atoms with van der Waals surface area (Å²) in [5.74, 6) is -0.268. The van der Waals surface area contributed by atoms with Gasteiger partial charge in [-0.15, -0.1) is 0 Å². The van der Waals surface area contributed by atoms with Crippen molar-refractivity contribution in [2.24, 2.45) is 5.92 Å². The maximum atomic E-state index is 11.1. The van der Waals surface area contributed by atoms with Crippen molar-refractivity contribution in [2.75, 3.05) is 7.11 Å². The van der Waals surface area contributed by atoms with Gasteiger partial charge >= 0.3 is 5.97 Å². The van der Waals surface area contributed by atoms with Crippen LogP contribution in [0.15, 0.2) is 4.52 Å². The number of aromatic nitrogens is 2. The summed E-state index contributed by atoms with van der Waals surface area (Å²) in [5, 5.41) is 13.0. The van der Waals surface area contributed by atoms with Crippen LogP contribution in [-0.4, -0.2) is 34.4 Å². The fraction of sp³-hybridized carbons (Fsp3) is 0.750. The number of hydrogen-bond acceptors (Lipinski definition) is 5. The molecule has 2 rings (SSSR count). The fourth-order valence-electron chi connectivity index (χ4n) is 2.39. The Bertz CT molecular complexity index is 418. The van der Waals surface area contributed by atoms with Gasteiger partial charge < -0.3 is 14.4 Å². The molecular weight excluding hydrogens is 236 g/mol. The second kappa shape index (κ2) is 5.48. The van der Waals surface area contributed by atoms with Crippen LogP contribution >= 0.6 is 0 Å². The van der Waals surface area contributed by atoms with Crippen LogP contribution in [0.5, 0.6) is 0 Å². The molecule has 1 aromatic rings. The van der Waals surface area contributed by atoms with E-state index in [0.29, 0.717) is 24.6 Å². The van der Waals surface area contributed by atoms with Crippen molar-refractivity contribution in [1.29, 1.82) is 0 Å². The van der Waals surface area contributed by atoms with Gasteiger partial charge in [-0.25, -0.2) is 0 Å². The second-order valence-corrected chi connectivity index (χ2v) is 4.78. The maximum absolute atomic E-state index is 11.1. The van der Waals surface area contributed by atoms with Gasteiger partial charge in [0.25, 0.3) is 0 Å². The highest BCUT2D eigenvalue weighted by atomic mass is 16.5. The normalized spacial score (nSPS) is 25.2. The largest absolute Gasteiger partial charge is 0.481 e. The van der Waals surface area contributed by atoms with Gasteiger partial charge in [-0.05, 0) is 19.8 Å². The number of nitrogens with zero attached hydrogens (tertiary/aromatic N) is 2. The highest BCUT2D eigenvalue weighted by Crippen LogP contribution is 2.38. The summed E-state index contributed by atoms with van der Waals surface area (Å²) in [6.45, 7) is 1.92. The van der Waals surface area contributed by atoms with Crippen LogP contribution in [0.3, 0.4) is 0 Å². The van der Waals surface area contributed by atoms with Crippen LogP contribution in [-0.2, 0) is 16.0 Å². The molecule has 1 fully saturated rings. The molecule has 0 aliphatic heterocycles. The van der Waals surface area contributed by atoms with E-state index < -0.39 is 11.9 Å². The molecule has 1 aliphatic rings. The van der Waals surface area contributed by atoms with Crippen LogP contribution in [0.2, 0.25) is 0 Å². The highest BCUT2D eigenvalue weighted by molar-refractivity contribution is 5.71. The zero-order valence-corrected chi connectivity index (χ0v) is 10.6. The molecule has 1 aliphatic carbocycles. The summed E-state index contributed by atoms with van der Waals surface area (Å²) in [4.78, 5) is 15.4. The van der Waals surface area contributed by atoms with Gasteiger partial charge in [0.2, 0.25) is 5.89 Å². The zero-order valence-electron chi connectivity index (χ0n) is 10.6. The lowest BCUT2D eigenvalue weighted by atomic mass is 9.96.